The predicted octanol–water partition coefficient (Wildman–Crippen LogP) is 0.709. The van der Waals surface area contributed by atoms with Crippen LogP contribution in [0.15, 0.2) is 6.58 Å². The second kappa shape index (κ2) is 9.16. The van der Waals surface area contributed by atoms with Crippen LogP contribution < -0.4 is 0 Å². The topological polar surface area (TPSA) is 107 Å². The third-order valence-corrected chi connectivity index (χ3v) is 2.82. The molecule has 7 nitrogen and oxygen atoms in total. The van der Waals surface area contributed by atoms with Crippen LogP contribution in [-0.4, -0.2) is 42.9 Å². The maximum atomic E-state index is 12.7. The molecule has 0 aromatic heterocycles. The van der Waals surface area contributed by atoms with E-state index in [9.17, 15) is 26.8 Å². The number of alkyl halides is 2. The van der Waals surface area contributed by atoms with E-state index in [4.69, 9.17) is 9.29 Å². The number of halogens is 2. The first kappa shape index (κ1) is 22.4. The van der Waals surface area contributed by atoms with E-state index in [1.54, 1.807) is 0 Å². The Hall–Kier alpha value is -0.927. The molecule has 125 valence electrons. The summed E-state index contributed by atoms with van der Waals surface area (Å²) >= 11 is 0. The minimum atomic E-state index is -5.87. The van der Waals surface area contributed by atoms with E-state index in [2.05, 4.69) is 11.3 Å². The fourth-order valence-electron chi connectivity index (χ4n) is 1.01. The van der Waals surface area contributed by atoms with Gasteiger partial charge in [0.2, 0.25) is 0 Å². The summed E-state index contributed by atoms with van der Waals surface area (Å²) in [5.41, 5.74) is 0. The summed E-state index contributed by atoms with van der Waals surface area (Å²) in [6.45, 7) is 4.03. The maximum absolute atomic E-state index is 12.7. The summed E-state index contributed by atoms with van der Waals surface area (Å²) in [6.07, 6.45) is 1.58. The van der Waals surface area contributed by atoms with Crippen molar-refractivity contribution in [1.82, 2.24) is 0 Å². The van der Waals surface area contributed by atoms with Crippen molar-refractivity contribution in [3.05, 3.63) is 12.7 Å². The van der Waals surface area contributed by atoms with Gasteiger partial charge in [0.05, 0.1) is 12.7 Å². The molecule has 0 saturated heterocycles. The largest absolute Gasteiger partial charge is 0.487 e. The van der Waals surface area contributed by atoms with Gasteiger partial charge in [-0.2, -0.15) is 17.2 Å². The Morgan fingerprint density at radius 3 is 2.38 bits per heavy atom. The molecule has 0 amide bonds. The quantitative estimate of drug-likeness (QED) is 0.155. The van der Waals surface area contributed by atoms with E-state index < -0.39 is 40.0 Å². The average molecular weight is 418 g/mol. The summed E-state index contributed by atoms with van der Waals surface area (Å²) in [5, 5.41) is -5.01. The Morgan fingerprint density at radius 2 is 1.95 bits per heavy atom. The molecule has 0 saturated carbocycles. The molecule has 1 N–H and O–H groups in total. The van der Waals surface area contributed by atoms with Gasteiger partial charge < -0.3 is 15.5 Å². The van der Waals surface area contributed by atoms with Gasteiger partial charge in [0.15, 0.2) is 0 Å². The number of esters is 2. The SMILES string of the molecule is C=[C-]C(=O)OC(C)CCCOC(=O)C(F)(F)S(=O)(=O)O.[Rh]. The van der Waals surface area contributed by atoms with Crippen molar-refractivity contribution < 1.29 is 60.3 Å². The Labute approximate surface area is 133 Å². The zero-order valence-corrected chi connectivity index (χ0v) is 13.3. The Bertz CT molecular complexity index is 478. The van der Waals surface area contributed by atoms with Crippen molar-refractivity contribution in [1.29, 1.82) is 0 Å². The van der Waals surface area contributed by atoms with Gasteiger partial charge in [0.1, 0.15) is 5.97 Å². The van der Waals surface area contributed by atoms with Crippen LogP contribution in [0.25, 0.3) is 0 Å². The summed E-state index contributed by atoms with van der Waals surface area (Å²) in [7, 11) is -5.87. The van der Waals surface area contributed by atoms with Gasteiger partial charge in [0, 0.05) is 19.5 Å². The van der Waals surface area contributed by atoms with Crippen LogP contribution in [0.1, 0.15) is 19.8 Å². The average Bonchev–Trinajstić information content (AvgIpc) is 2.32. The molecule has 0 aliphatic rings. The zero-order chi connectivity index (χ0) is 16.0. The molecule has 1 unspecified atom stereocenters. The van der Waals surface area contributed by atoms with Crippen molar-refractivity contribution in [2.75, 3.05) is 6.61 Å². The summed E-state index contributed by atoms with van der Waals surface area (Å²) in [6, 6.07) is 0. The van der Waals surface area contributed by atoms with E-state index in [1.807, 2.05) is 6.08 Å². The number of ether oxygens (including phenoxy) is 2. The van der Waals surface area contributed by atoms with Crippen molar-refractivity contribution in [3.8, 4) is 0 Å². The second-order valence-electron chi connectivity index (χ2n) is 3.66. The second-order valence-corrected chi connectivity index (χ2v) is 5.13. The molecular formula is C10H13F2O7RhS-. The van der Waals surface area contributed by atoms with E-state index in [-0.39, 0.29) is 32.3 Å². The van der Waals surface area contributed by atoms with Gasteiger partial charge in [-0.15, -0.1) is 0 Å². The molecule has 0 aromatic rings. The van der Waals surface area contributed by atoms with Gasteiger partial charge in [-0.1, -0.05) is 0 Å². The molecule has 0 heterocycles. The molecule has 0 bridgehead atoms. The third kappa shape index (κ3) is 7.59. The number of hydrogen-bond donors (Lipinski definition) is 1. The number of carbonyl (C=O) groups excluding carboxylic acids is 2. The summed E-state index contributed by atoms with van der Waals surface area (Å²) in [5.74, 6) is -3.16. The fourth-order valence-corrected chi connectivity index (χ4v) is 1.28. The summed E-state index contributed by atoms with van der Waals surface area (Å²) in [4.78, 5) is 21.5. The molecule has 1 atom stereocenters. The maximum Gasteiger partial charge on any atom is 0.465 e. The van der Waals surface area contributed by atoms with E-state index >= 15 is 0 Å². The molecular weight excluding hydrogens is 405 g/mol. The Balaban J connectivity index is 0. The standard InChI is InChI=1S/C10H13F2O7S.Rh/c1-3-8(13)19-7(2)5-4-6-18-9(14)10(11,12)20(15,16)17;/h7H,1,4-6H2,2H3,(H,15,16,17);/q-1;. The van der Waals surface area contributed by atoms with Crippen LogP contribution in [0.2, 0.25) is 0 Å². The molecule has 0 rings (SSSR count). The van der Waals surface area contributed by atoms with Gasteiger partial charge in [-0.05, 0) is 19.8 Å². The van der Waals surface area contributed by atoms with Gasteiger partial charge >= 0.3 is 21.3 Å². The van der Waals surface area contributed by atoms with Crippen LogP contribution in [0, 0.1) is 6.08 Å². The van der Waals surface area contributed by atoms with Crippen LogP contribution in [-0.2, 0) is 48.7 Å². The molecule has 1 radical (unpaired) electrons. The normalized spacial score (nSPS) is 12.8. The smallest absolute Gasteiger partial charge is 0.465 e. The molecule has 0 aliphatic heterocycles. The van der Waals surface area contributed by atoms with Gasteiger partial charge in [-0.25, -0.2) is 4.79 Å². The number of carbonyl (C=O) groups is 2. The minimum absolute atomic E-state index is 0. The molecule has 21 heavy (non-hydrogen) atoms. The molecule has 0 aromatic carbocycles. The number of hydrogen-bond acceptors (Lipinski definition) is 6. The van der Waals surface area contributed by atoms with Crippen LogP contribution in [0.3, 0.4) is 0 Å². The summed E-state index contributed by atoms with van der Waals surface area (Å²) < 4.78 is 62.8. The van der Waals surface area contributed by atoms with E-state index in [0.29, 0.717) is 0 Å². The minimum Gasteiger partial charge on any atom is -0.487 e. The van der Waals surface area contributed by atoms with Gasteiger partial charge in [0.25, 0.3) is 0 Å². The Morgan fingerprint density at radius 1 is 1.43 bits per heavy atom. The van der Waals surface area contributed by atoms with Crippen LogP contribution in [0.5, 0.6) is 0 Å². The van der Waals surface area contributed by atoms with E-state index in [1.165, 1.54) is 6.92 Å². The molecule has 0 fully saturated rings. The van der Waals surface area contributed by atoms with Crippen molar-refractivity contribution in [2.24, 2.45) is 0 Å². The molecule has 0 spiro atoms. The van der Waals surface area contributed by atoms with E-state index in [0.717, 1.165) is 0 Å². The first-order valence-electron chi connectivity index (χ1n) is 5.28. The third-order valence-electron chi connectivity index (χ3n) is 2.00. The Kier molecular flexibility index (Phi) is 9.76. The first-order valence-corrected chi connectivity index (χ1v) is 6.72. The molecule has 11 heteroatoms. The predicted molar refractivity (Wildman–Crippen MR) is 61.1 cm³/mol. The number of rotatable bonds is 8. The van der Waals surface area contributed by atoms with Crippen molar-refractivity contribution in [3.63, 3.8) is 0 Å². The van der Waals surface area contributed by atoms with Crippen molar-refractivity contribution in [2.45, 2.75) is 31.1 Å². The van der Waals surface area contributed by atoms with Crippen LogP contribution >= 0.6 is 0 Å². The molecule has 0 aliphatic carbocycles. The van der Waals surface area contributed by atoms with Gasteiger partial charge in [-0.3, -0.25) is 15.9 Å². The zero-order valence-electron chi connectivity index (χ0n) is 10.8. The van der Waals surface area contributed by atoms with Crippen molar-refractivity contribution >= 4 is 22.1 Å². The fraction of sp³-hybridized carbons (Fsp3) is 0.600. The monoisotopic (exact) mass is 418 g/mol. The first-order chi connectivity index (χ1) is 9.02. The van der Waals surface area contributed by atoms with Crippen LogP contribution in [0.4, 0.5) is 8.78 Å².